The molecule has 0 heterocycles. The van der Waals surface area contributed by atoms with Crippen LogP contribution in [0.5, 0.6) is 0 Å². The number of carbonyl (C=O) groups is 2. The van der Waals surface area contributed by atoms with Crippen molar-refractivity contribution in [2.75, 3.05) is 20.7 Å². The van der Waals surface area contributed by atoms with Gasteiger partial charge in [-0.2, -0.15) is 0 Å². The lowest BCUT2D eigenvalue weighted by atomic mass is 10.1. The van der Waals surface area contributed by atoms with Crippen LogP contribution in [0.3, 0.4) is 0 Å². The summed E-state index contributed by atoms with van der Waals surface area (Å²) in [5.41, 5.74) is 0.510. The van der Waals surface area contributed by atoms with Gasteiger partial charge in [-0.05, 0) is 34.1 Å². The van der Waals surface area contributed by atoms with Gasteiger partial charge in [0.05, 0.1) is 18.1 Å². The molecule has 1 amide bonds. The summed E-state index contributed by atoms with van der Waals surface area (Å²) >= 11 is 9.15. The number of esters is 1. The highest BCUT2D eigenvalue weighted by Gasteiger charge is 2.20. The summed E-state index contributed by atoms with van der Waals surface area (Å²) in [4.78, 5) is 25.0. The summed E-state index contributed by atoms with van der Waals surface area (Å²) in [5, 5.41) is 0.544. The number of hydrogen-bond acceptors (Lipinski definition) is 3. The Bertz CT molecular complexity index is 493. The van der Waals surface area contributed by atoms with Crippen molar-refractivity contribution in [3.8, 4) is 0 Å². The zero-order valence-electron chi connectivity index (χ0n) is 10.9. The third kappa shape index (κ3) is 4.21. The Morgan fingerprint density at radius 1 is 1.47 bits per heavy atom. The summed E-state index contributed by atoms with van der Waals surface area (Å²) in [6.45, 7) is 2.01. The van der Waals surface area contributed by atoms with Crippen LogP contribution in [0, 0.1) is 5.92 Å². The van der Waals surface area contributed by atoms with Gasteiger partial charge in [0.1, 0.15) is 0 Å². The minimum absolute atomic E-state index is 0.173. The molecule has 1 atom stereocenters. The second-order valence-corrected chi connectivity index (χ2v) is 5.50. The van der Waals surface area contributed by atoms with Crippen LogP contribution in [0.1, 0.15) is 17.3 Å². The predicted octanol–water partition coefficient (Wildman–Crippen LogP) is 2.98. The maximum absolute atomic E-state index is 12.2. The van der Waals surface area contributed by atoms with E-state index in [0.29, 0.717) is 21.6 Å². The Morgan fingerprint density at radius 3 is 2.63 bits per heavy atom. The molecule has 4 nitrogen and oxygen atoms in total. The zero-order chi connectivity index (χ0) is 14.6. The third-order valence-electron chi connectivity index (χ3n) is 2.66. The fourth-order valence-electron chi connectivity index (χ4n) is 1.62. The molecule has 0 N–H and O–H groups in total. The molecule has 1 aromatic carbocycles. The summed E-state index contributed by atoms with van der Waals surface area (Å²) in [6, 6.07) is 4.95. The van der Waals surface area contributed by atoms with Crippen LogP contribution >= 0.6 is 27.5 Å². The van der Waals surface area contributed by atoms with Crippen LogP contribution in [0.2, 0.25) is 5.02 Å². The molecule has 0 spiro atoms. The smallest absolute Gasteiger partial charge is 0.310 e. The van der Waals surface area contributed by atoms with Crippen molar-refractivity contribution in [1.82, 2.24) is 4.90 Å². The lowest BCUT2D eigenvalue weighted by Crippen LogP contribution is -2.34. The number of amides is 1. The zero-order valence-corrected chi connectivity index (χ0v) is 13.3. The monoisotopic (exact) mass is 347 g/mol. The van der Waals surface area contributed by atoms with Crippen LogP contribution in [0.4, 0.5) is 0 Å². The fourth-order valence-corrected chi connectivity index (χ4v) is 2.12. The van der Waals surface area contributed by atoms with Gasteiger partial charge in [-0.15, -0.1) is 0 Å². The van der Waals surface area contributed by atoms with Gasteiger partial charge in [0, 0.05) is 23.6 Å². The molecule has 0 aliphatic heterocycles. The molecule has 0 aliphatic carbocycles. The van der Waals surface area contributed by atoms with Gasteiger partial charge in [0.2, 0.25) is 0 Å². The second-order valence-electron chi connectivity index (χ2n) is 4.24. The first-order chi connectivity index (χ1) is 8.86. The highest BCUT2D eigenvalue weighted by atomic mass is 79.9. The molecular weight excluding hydrogens is 334 g/mol. The summed E-state index contributed by atoms with van der Waals surface area (Å²) in [5.74, 6) is -0.875. The maximum Gasteiger partial charge on any atom is 0.310 e. The Hall–Kier alpha value is -1.07. The van der Waals surface area contributed by atoms with Crippen LogP contribution in [0.25, 0.3) is 0 Å². The molecule has 19 heavy (non-hydrogen) atoms. The SMILES string of the molecule is COC(=O)C(C)CN(C)C(=O)c1ccc(Cl)c(Br)c1. The summed E-state index contributed by atoms with van der Waals surface area (Å²) < 4.78 is 5.29. The van der Waals surface area contributed by atoms with E-state index in [1.54, 1.807) is 32.2 Å². The van der Waals surface area contributed by atoms with Gasteiger partial charge in [-0.3, -0.25) is 9.59 Å². The van der Waals surface area contributed by atoms with Gasteiger partial charge in [-0.25, -0.2) is 0 Å². The number of benzene rings is 1. The van der Waals surface area contributed by atoms with Crippen LogP contribution < -0.4 is 0 Å². The highest BCUT2D eigenvalue weighted by molar-refractivity contribution is 9.10. The standard InChI is InChI=1S/C13H15BrClNO3/c1-8(13(18)19-3)7-16(2)12(17)9-4-5-11(15)10(14)6-9/h4-6,8H,7H2,1-3H3. The number of halogens is 2. The van der Waals surface area contributed by atoms with E-state index in [4.69, 9.17) is 11.6 Å². The highest BCUT2D eigenvalue weighted by Crippen LogP contribution is 2.23. The first-order valence-electron chi connectivity index (χ1n) is 5.65. The molecule has 0 bridgehead atoms. The molecular formula is C13H15BrClNO3. The van der Waals surface area contributed by atoms with Gasteiger partial charge >= 0.3 is 5.97 Å². The maximum atomic E-state index is 12.2. The molecule has 1 rings (SSSR count). The van der Waals surface area contributed by atoms with Gasteiger partial charge in [0.15, 0.2) is 0 Å². The van der Waals surface area contributed by atoms with E-state index >= 15 is 0 Å². The molecule has 6 heteroatoms. The fraction of sp³-hybridized carbons (Fsp3) is 0.385. The largest absolute Gasteiger partial charge is 0.469 e. The van der Waals surface area contributed by atoms with Crippen LogP contribution in [-0.2, 0) is 9.53 Å². The van der Waals surface area contributed by atoms with Gasteiger partial charge in [0.25, 0.3) is 5.91 Å². The van der Waals surface area contributed by atoms with E-state index in [1.807, 2.05) is 0 Å². The van der Waals surface area contributed by atoms with Crippen molar-refractivity contribution in [2.45, 2.75) is 6.92 Å². The Balaban J connectivity index is 2.76. The average Bonchev–Trinajstić information content (AvgIpc) is 2.39. The van der Waals surface area contributed by atoms with Crippen molar-refractivity contribution in [3.63, 3.8) is 0 Å². The van der Waals surface area contributed by atoms with Crippen molar-refractivity contribution < 1.29 is 14.3 Å². The Kier molecular flexibility index (Phi) is 5.82. The molecule has 1 aromatic rings. The van der Waals surface area contributed by atoms with E-state index in [9.17, 15) is 9.59 Å². The minimum atomic E-state index is -0.366. The molecule has 0 aliphatic rings. The first kappa shape index (κ1) is 16.0. The van der Waals surface area contributed by atoms with Crippen molar-refractivity contribution in [2.24, 2.45) is 5.92 Å². The van der Waals surface area contributed by atoms with Crippen molar-refractivity contribution >= 4 is 39.4 Å². The molecule has 0 saturated heterocycles. The lowest BCUT2D eigenvalue weighted by molar-refractivity contribution is -0.145. The summed E-state index contributed by atoms with van der Waals surface area (Å²) in [7, 11) is 2.97. The summed E-state index contributed by atoms with van der Waals surface area (Å²) in [6.07, 6.45) is 0. The number of hydrogen-bond donors (Lipinski definition) is 0. The molecule has 1 unspecified atom stereocenters. The molecule has 0 aromatic heterocycles. The van der Waals surface area contributed by atoms with E-state index in [-0.39, 0.29) is 17.8 Å². The number of carbonyl (C=O) groups excluding carboxylic acids is 2. The lowest BCUT2D eigenvalue weighted by Gasteiger charge is -2.20. The van der Waals surface area contributed by atoms with E-state index in [2.05, 4.69) is 20.7 Å². The number of nitrogens with zero attached hydrogens (tertiary/aromatic N) is 1. The number of rotatable bonds is 4. The van der Waals surface area contributed by atoms with E-state index in [1.165, 1.54) is 12.0 Å². The van der Waals surface area contributed by atoms with E-state index < -0.39 is 0 Å². The molecule has 104 valence electrons. The first-order valence-corrected chi connectivity index (χ1v) is 6.82. The number of ether oxygens (including phenoxy) is 1. The Labute approximate surface area is 125 Å². The Morgan fingerprint density at radius 2 is 2.11 bits per heavy atom. The molecule has 0 radical (unpaired) electrons. The van der Waals surface area contributed by atoms with Gasteiger partial charge in [-0.1, -0.05) is 18.5 Å². The average molecular weight is 349 g/mol. The topological polar surface area (TPSA) is 46.6 Å². The quantitative estimate of drug-likeness (QED) is 0.786. The normalized spacial score (nSPS) is 11.8. The van der Waals surface area contributed by atoms with Crippen molar-refractivity contribution in [1.29, 1.82) is 0 Å². The van der Waals surface area contributed by atoms with Gasteiger partial charge < -0.3 is 9.64 Å². The third-order valence-corrected chi connectivity index (χ3v) is 3.88. The van der Waals surface area contributed by atoms with E-state index in [0.717, 1.165) is 0 Å². The van der Waals surface area contributed by atoms with Crippen molar-refractivity contribution in [3.05, 3.63) is 33.3 Å². The second kappa shape index (κ2) is 6.91. The van der Waals surface area contributed by atoms with Crippen LogP contribution in [0.15, 0.2) is 22.7 Å². The predicted molar refractivity (Wildman–Crippen MR) is 77.3 cm³/mol. The molecule has 0 fully saturated rings. The van der Waals surface area contributed by atoms with Crippen LogP contribution in [-0.4, -0.2) is 37.5 Å². The minimum Gasteiger partial charge on any atom is -0.469 e. The number of methoxy groups -OCH3 is 1. The molecule has 0 saturated carbocycles.